The van der Waals surface area contributed by atoms with Crippen LogP contribution in [0.3, 0.4) is 0 Å². The molecule has 0 aliphatic heterocycles. The van der Waals surface area contributed by atoms with Gasteiger partial charge in [0.15, 0.2) is 0 Å². The summed E-state index contributed by atoms with van der Waals surface area (Å²) in [4.78, 5) is 12.1. The van der Waals surface area contributed by atoms with E-state index in [1.165, 1.54) is 16.3 Å². The number of carbonyl (C=O) groups is 1. The standard InChI is InChI=1S/C21H21ClN2O/c1-15(18-11-6-9-16-7-2-4-10-19(16)18)23-14-21(25)24-13-17-8-3-5-12-20(17)22/h2-12,15,23H,13-14H2,1H3,(H,24,25)/t15-/m0/s1. The number of hydrogen-bond acceptors (Lipinski definition) is 2. The third kappa shape index (κ3) is 4.38. The maximum absolute atomic E-state index is 12.1. The van der Waals surface area contributed by atoms with E-state index in [9.17, 15) is 4.79 Å². The Balaban J connectivity index is 1.57. The van der Waals surface area contributed by atoms with Gasteiger partial charge in [0.05, 0.1) is 6.54 Å². The van der Waals surface area contributed by atoms with Gasteiger partial charge in [-0.25, -0.2) is 0 Å². The molecule has 0 aromatic heterocycles. The summed E-state index contributed by atoms with van der Waals surface area (Å²) in [6.45, 7) is 2.76. The van der Waals surface area contributed by atoms with Gasteiger partial charge in [-0.05, 0) is 34.9 Å². The van der Waals surface area contributed by atoms with Crippen LogP contribution in [0.15, 0.2) is 66.7 Å². The fourth-order valence-corrected chi connectivity index (χ4v) is 3.08. The van der Waals surface area contributed by atoms with Crippen molar-refractivity contribution in [3.8, 4) is 0 Å². The van der Waals surface area contributed by atoms with Crippen LogP contribution in [0.4, 0.5) is 0 Å². The third-order valence-corrected chi connectivity index (χ3v) is 4.66. The molecule has 128 valence electrons. The molecule has 1 atom stereocenters. The first-order chi connectivity index (χ1) is 12.1. The van der Waals surface area contributed by atoms with Crippen LogP contribution in [0.1, 0.15) is 24.1 Å². The Bertz CT molecular complexity index is 873. The molecule has 3 aromatic rings. The number of rotatable bonds is 6. The van der Waals surface area contributed by atoms with Gasteiger partial charge in [0.25, 0.3) is 0 Å². The Hall–Kier alpha value is -2.36. The Morgan fingerprint density at radius 2 is 1.72 bits per heavy atom. The first-order valence-electron chi connectivity index (χ1n) is 8.36. The van der Waals surface area contributed by atoms with Crippen molar-refractivity contribution in [2.24, 2.45) is 0 Å². The van der Waals surface area contributed by atoms with Gasteiger partial charge in [0.2, 0.25) is 5.91 Å². The highest BCUT2D eigenvalue weighted by molar-refractivity contribution is 6.31. The monoisotopic (exact) mass is 352 g/mol. The topological polar surface area (TPSA) is 41.1 Å². The van der Waals surface area contributed by atoms with Crippen molar-refractivity contribution in [2.45, 2.75) is 19.5 Å². The Morgan fingerprint density at radius 3 is 2.56 bits per heavy atom. The molecule has 25 heavy (non-hydrogen) atoms. The lowest BCUT2D eigenvalue weighted by Gasteiger charge is -2.16. The summed E-state index contributed by atoms with van der Waals surface area (Å²) in [5, 5.41) is 9.28. The number of amides is 1. The first kappa shape index (κ1) is 17.5. The van der Waals surface area contributed by atoms with Crippen molar-refractivity contribution in [1.82, 2.24) is 10.6 Å². The summed E-state index contributed by atoms with van der Waals surface area (Å²) in [7, 11) is 0. The molecule has 0 fully saturated rings. The maximum atomic E-state index is 12.1. The highest BCUT2D eigenvalue weighted by Crippen LogP contribution is 2.23. The molecule has 0 heterocycles. The van der Waals surface area contributed by atoms with Gasteiger partial charge < -0.3 is 10.6 Å². The van der Waals surface area contributed by atoms with E-state index in [1.54, 1.807) is 0 Å². The van der Waals surface area contributed by atoms with Gasteiger partial charge in [-0.1, -0.05) is 72.3 Å². The minimum atomic E-state index is -0.0491. The molecule has 4 heteroatoms. The van der Waals surface area contributed by atoms with Crippen molar-refractivity contribution in [3.05, 3.63) is 82.9 Å². The Labute approximate surface area is 153 Å². The second-order valence-electron chi connectivity index (χ2n) is 6.04. The SMILES string of the molecule is C[C@H](NCC(=O)NCc1ccccc1Cl)c1cccc2ccccc12. The summed E-state index contributed by atoms with van der Waals surface area (Å²) in [6, 6.07) is 22.1. The van der Waals surface area contributed by atoms with Crippen molar-refractivity contribution < 1.29 is 4.79 Å². The van der Waals surface area contributed by atoms with E-state index in [4.69, 9.17) is 11.6 Å². The molecule has 0 bridgehead atoms. The van der Waals surface area contributed by atoms with E-state index < -0.39 is 0 Å². The average Bonchev–Trinajstić information content (AvgIpc) is 2.65. The van der Waals surface area contributed by atoms with Crippen LogP contribution in [-0.4, -0.2) is 12.5 Å². The summed E-state index contributed by atoms with van der Waals surface area (Å²) >= 11 is 6.10. The summed E-state index contributed by atoms with van der Waals surface area (Å²) in [5.41, 5.74) is 2.11. The van der Waals surface area contributed by atoms with E-state index in [2.05, 4.69) is 41.8 Å². The number of hydrogen-bond donors (Lipinski definition) is 2. The molecule has 1 amide bonds. The van der Waals surface area contributed by atoms with Crippen molar-refractivity contribution >= 4 is 28.3 Å². The highest BCUT2D eigenvalue weighted by Gasteiger charge is 2.10. The smallest absolute Gasteiger partial charge is 0.234 e. The molecular weight excluding hydrogens is 332 g/mol. The van der Waals surface area contributed by atoms with Crippen molar-refractivity contribution in [1.29, 1.82) is 0 Å². The maximum Gasteiger partial charge on any atom is 0.234 e. The molecule has 0 saturated carbocycles. The summed E-state index contributed by atoms with van der Waals surface area (Å²) in [6.07, 6.45) is 0. The first-order valence-corrected chi connectivity index (χ1v) is 8.74. The zero-order chi connectivity index (χ0) is 17.6. The molecule has 0 unspecified atom stereocenters. The summed E-state index contributed by atoms with van der Waals surface area (Å²) < 4.78 is 0. The number of carbonyl (C=O) groups excluding carboxylic acids is 1. The zero-order valence-electron chi connectivity index (χ0n) is 14.1. The Kier molecular flexibility index (Phi) is 5.69. The second kappa shape index (κ2) is 8.15. The third-order valence-electron chi connectivity index (χ3n) is 4.29. The van der Waals surface area contributed by atoms with Gasteiger partial charge in [0, 0.05) is 17.6 Å². The minimum absolute atomic E-state index is 0.0491. The largest absolute Gasteiger partial charge is 0.351 e. The van der Waals surface area contributed by atoms with Gasteiger partial charge in [-0.15, -0.1) is 0 Å². The minimum Gasteiger partial charge on any atom is -0.351 e. The lowest BCUT2D eigenvalue weighted by molar-refractivity contribution is -0.120. The van der Waals surface area contributed by atoms with Crippen LogP contribution >= 0.6 is 11.6 Å². The van der Waals surface area contributed by atoms with Gasteiger partial charge >= 0.3 is 0 Å². The molecule has 0 aliphatic rings. The quantitative estimate of drug-likeness (QED) is 0.687. The lowest BCUT2D eigenvalue weighted by Crippen LogP contribution is -2.34. The van der Waals surface area contributed by atoms with E-state index >= 15 is 0 Å². The van der Waals surface area contributed by atoms with E-state index in [-0.39, 0.29) is 18.5 Å². The highest BCUT2D eigenvalue weighted by atomic mass is 35.5. The van der Waals surface area contributed by atoms with Crippen LogP contribution in [-0.2, 0) is 11.3 Å². The molecule has 0 saturated heterocycles. The van der Waals surface area contributed by atoms with E-state index in [1.807, 2.05) is 42.5 Å². The van der Waals surface area contributed by atoms with Crippen LogP contribution < -0.4 is 10.6 Å². The summed E-state index contributed by atoms with van der Waals surface area (Å²) in [5.74, 6) is -0.0491. The Morgan fingerprint density at radius 1 is 1.00 bits per heavy atom. The zero-order valence-corrected chi connectivity index (χ0v) is 14.9. The van der Waals surface area contributed by atoms with Gasteiger partial charge in [0.1, 0.15) is 0 Å². The lowest BCUT2D eigenvalue weighted by atomic mass is 10.00. The van der Waals surface area contributed by atoms with Crippen LogP contribution in [0, 0.1) is 0 Å². The van der Waals surface area contributed by atoms with Crippen molar-refractivity contribution in [2.75, 3.05) is 6.54 Å². The number of benzene rings is 3. The molecule has 3 aromatic carbocycles. The molecule has 0 radical (unpaired) electrons. The molecular formula is C21H21ClN2O. The molecule has 3 nitrogen and oxygen atoms in total. The van der Waals surface area contributed by atoms with Crippen molar-refractivity contribution in [3.63, 3.8) is 0 Å². The fraction of sp³-hybridized carbons (Fsp3) is 0.190. The normalized spacial score (nSPS) is 12.1. The molecule has 3 rings (SSSR count). The van der Waals surface area contributed by atoms with Crippen LogP contribution in [0.5, 0.6) is 0 Å². The molecule has 0 aliphatic carbocycles. The number of nitrogens with one attached hydrogen (secondary N) is 2. The number of halogens is 1. The second-order valence-corrected chi connectivity index (χ2v) is 6.45. The molecule has 2 N–H and O–H groups in total. The van der Waals surface area contributed by atoms with E-state index in [0.717, 1.165) is 5.56 Å². The predicted molar refractivity (Wildman–Crippen MR) is 104 cm³/mol. The van der Waals surface area contributed by atoms with Crippen LogP contribution in [0.25, 0.3) is 10.8 Å². The van der Waals surface area contributed by atoms with Gasteiger partial charge in [-0.2, -0.15) is 0 Å². The number of fused-ring (bicyclic) bond motifs is 1. The average molecular weight is 353 g/mol. The van der Waals surface area contributed by atoms with E-state index in [0.29, 0.717) is 11.6 Å². The predicted octanol–water partition coefficient (Wildman–Crippen LogP) is 4.46. The van der Waals surface area contributed by atoms with Crippen LogP contribution in [0.2, 0.25) is 5.02 Å². The molecule has 0 spiro atoms. The fourth-order valence-electron chi connectivity index (χ4n) is 2.88. The van der Waals surface area contributed by atoms with Gasteiger partial charge in [-0.3, -0.25) is 4.79 Å².